The molecule has 0 fully saturated rings. The molecule has 2 heterocycles. The largest absolute Gasteiger partial charge is 0.487 e. The molecule has 1 amide bonds. The smallest absolute Gasteiger partial charge is 0.412 e. The second-order valence-electron chi connectivity index (χ2n) is 6.13. The van der Waals surface area contributed by atoms with Crippen LogP contribution in [0.2, 0.25) is 0 Å². The number of ether oxygens (including phenoxy) is 2. The van der Waals surface area contributed by atoms with Gasteiger partial charge in [-0.15, -0.1) is 11.3 Å². The Labute approximate surface area is 138 Å². The summed E-state index contributed by atoms with van der Waals surface area (Å²) in [5.74, 6) is 0.748. The van der Waals surface area contributed by atoms with Crippen molar-refractivity contribution in [1.82, 2.24) is 0 Å². The van der Waals surface area contributed by atoms with Gasteiger partial charge in [-0.25, -0.2) is 4.79 Å². The van der Waals surface area contributed by atoms with E-state index in [0.717, 1.165) is 21.8 Å². The van der Waals surface area contributed by atoms with E-state index in [0.29, 0.717) is 17.2 Å². The van der Waals surface area contributed by atoms with Crippen LogP contribution in [0.15, 0.2) is 24.3 Å². The summed E-state index contributed by atoms with van der Waals surface area (Å²) in [4.78, 5) is 12.9. The first-order valence-electron chi connectivity index (χ1n) is 7.17. The molecule has 0 spiro atoms. The van der Waals surface area contributed by atoms with Gasteiger partial charge in [0.1, 0.15) is 29.0 Å². The number of hydrogen-bond donors (Lipinski definition) is 1. The van der Waals surface area contributed by atoms with Crippen LogP contribution in [0.5, 0.6) is 5.75 Å². The average Bonchev–Trinajstić information content (AvgIpc) is 2.82. The minimum absolute atomic E-state index is 0.391. The molecule has 2 aromatic rings. The highest BCUT2D eigenvalue weighted by Gasteiger charge is 2.27. The molecule has 0 atom stereocenters. The SMILES string of the molecule is CC(C)(C)OC(=O)Nc1sc2c(c1C#N)-c1ccccc1OC2. The summed E-state index contributed by atoms with van der Waals surface area (Å²) in [6.07, 6.45) is -0.568. The maximum Gasteiger partial charge on any atom is 0.412 e. The van der Waals surface area contributed by atoms with Gasteiger partial charge in [0, 0.05) is 11.1 Å². The summed E-state index contributed by atoms with van der Waals surface area (Å²) in [6.45, 7) is 5.77. The fraction of sp³-hybridized carbons (Fsp3) is 0.294. The van der Waals surface area contributed by atoms with Crippen LogP contribution < -0.4 is 10.1 Å². The van der Waals surface area contributed by atoms with Gasteiger partial charge in [0.15, 0.2) is 0 Å². The molecule has 0 bridgehead atoms. The number of thiophene rings is 1. The molecule has 1 N–H and O–H groups in total. The summed E-state index contributed by atoms with van der Waals surface area (Å²) in [5.41, 5.74) is 1.57. The summed E-state index contributed by atoms with van der Waals surface area (Å²) in [7, 11) is 0. The predicted molar refractivity (Wildman–Crippen MR) is 88.7 cm³/mol. The fourth-order valence-electron chi connectivity index (χ4n) is 2.40. The molecule has 0 saturated heterocycles. The number of rotatable bonds is 1. The third kappa shape index (κ3) is 3.01. The molecular formula is C17H16N2O3S. The molecule has 1 aliphatic rings. The van der Waals surface area contributed by atoms with Crippen LogP contribution in [-0.4, -0.2) is 11.7 Å². The number of para-hydroxylation sites is 1. The highest BCUT2D eigenvalue weighted by molar-refractivity contribution is 7.17. The molecular weight excluding hydrogens is 312 g/mol. The molecule has 1 aliphatic heterocycles. The van der Waals surface area contributed by atoms with Crippen molar-refractivity contribution in [2.24, 2.45) is 0 Å². The standard InChI is InChI=1S/C17H16N2O3S/c1-17(2,3)22-16(20)19-15-11(8-18)14-10-6-4-5-7-12(10)21-9-13(14)23-15/h4-7H,9H2,1-3H3,(H,19,20). The fourth-order valence-corrected chi connectivity index (χ4v) is 3.46. The van der Waals surface area contributed by atoms with Crippen LogP contribution in [0.4, 0.5) is 9.80 Å². The van der Waals surface area contributed by atoms with E-state index in [1.54, 1.807) is 20.8 Å². The van der Waals surface area contributed by atoms with E-state index in [2.05, 4.69) is 11.4 Å². The summed E-state index contributed by atoms with van der Waals surface area (Å²) >= 11 is 1.35. The lowest BCUT2D eigenvalue weighted by molar-refractivity contribution is 0.0636. The van der Waals surface area contributed by atoms with Gasteiger partial charge in [-0.1, -0.05) is 18.2 Å². The number of carbonyl (C=O) groups excluding carboxylic acids is 1. The zero-order valence-corrected chi connectivity index (χ0v) is 13.9. The first-order chi connectivity index (χ1) is 10.9. The molecule has 118 valence electrons. The second-order valence-corrected chi connectivity index (χ2v) is 7.23. The second kappa shape index (κ2) is 5.60. The van der Waals surface area contributed by atoms with Gasteiger partial charge < -0.3 is 9.47 Å². The number of carbonyl (C=O) groups is 1. The van der Waals surface area contributed by atoms with E-state index in [9.17, 15) is 10.1 Å². The van der Waals surface area contributed by atoms with Crippen molar-refractivity contribution in [3.63, 3.8) is 0 Å². The molecule has 23 heavy (non-hydrogen) atoms. The molecule has 5 nitrogen and oxygen atoms in total. The molecule has 3 rings (SSSR count). The van der Waals surface area contributed by atoms with E-state index in [4.69, 9.17) is 9.47 Å². The zero-order chi connectivity index (χ0) is 16.6. The van der Waals surface area contributed by atoms with Crippen molar-refractivity contribution >= 4 is 22.4 Å². The predicted octanol–water partition coefficient (Wildman–Crippen LogP) is 4.53. The zero-order valence-electron chi connectivity index (χ0n) is 13.1. The van der Waals surface area contributed by atoms with Gasteiger partial charge in [0.2, 0.25) is 0 Å². The first-order valence-corrected chi connectivity index (χ1v) is 7.98. The van der Waals surface area contributed by atoms with Crippen molar-refractivity contribution in [1.29, 1.82) is 5.26 Å². The Morgan fingerprint density at radius 1 is 1.39 bits per heavy atom. The number of fused-ring (bicyclic) bond motifs is 3. The third-order valence-electron chi connectivity index (χ3n) is 3.22. The molecule has 0 unspecified atom stereocenters. The minimum Gasteiger partial charge on any atom is -0.487 e. The lowest BCUT2D eigenvalue weighted by Gasteiger charge is -2.19. The van der Waals surface area contributed by atoms with Gasteiger partial charge in [-0.2, -0.15) is 5.26 Å². The lowest BCUT2D eigenvalue weighted by atomic mass is 9.99. The Hall–Kier alpha value is -2.52. The quantitative estimate of drug-likeness (QED) is 0.835. The molecule has 0 aliphatic carbocycles. The maximum atomic E-state index is 12.0. The van der Waals surface area contributed by atoms with E-state index in [1.807, 2.05) is 24.3 Å². The van der Waals surface area contributed by atoms with E-state index in [1.165, 1.54) is 11.3 Å². The molecule has 0 saturated carbocycles. The third-order valence-corrected chi connectivity index (χ3v) is 4.30. The van der Waals surface area contributed by atoms with Crippen molar-refractivity contribution in [2.75, 3.05) is 5.32 Å². The van der Waals surface area contributed by atoms with Crippen LogP contribution in [0.1, 0.15) is 31.2 Å². The van der Waals surface area contributed by atoms with Crippen LogP contribution in [-0.2, 0) is 11.3 Å². The van der Waals surface area contributed by atoms with Crippen molar-refractivity contribution in [3.8, 4) is 22.9 Å². The van der Waals surface area contributed by atoms with Gasteiger partial charge >= 0.3 is 6.09 Å². The van der Waals surface area contributed by atoms with E-state index >= 15 is 0 Å². The van der Waals surface area contributed by atoms with Gasteiger partial charge in [0.05, 0.1) is 10.4 Å². The number of hydrogen-bond acceptors (Lipinski definition) is 5. The molecule has 6 heteroatoms. The monoisotopic (exact) mass is 328 g/mol. The number of amides is 1. The Balaban J connectivity index is 1.99. The Kier molecular flexibility index (Phi) is 3.74. The summed E-state index contributed by atoms with van der Waals surface area (Å²) < 4.78 is 11.0. The number of benzene rings is 1. The Morgan fingerprint density at radius 2 is 2.13 bits per heavy atom. The molecule has 1 aromatic heterocycles. The maximum absolute atomic E-state index is 12.0. The molecule has 1 aromatic carbocycles. The normalized spacial score (nSPS) is 12.4. The lowest BCUT2D eigenvalue weighted by Crippen LogP contribution is -2.27. The van der Waals surface area contributed by atoms with Crippen LogP contribution in [0, 0.1) is 11.3 Å². The van der Waals surface area contributed by atoms with Gasteiger partial charge in [-0.3, -0.25) is 5.32 Å². The van der Waals surface area contributed by atoms with Crippen LogP contribution >= 0.6 is 11.3 Å². The Morgan fingerprint density at radius 3 is 2.83 bits per heavy atom. The molecule has 0 radical (unpaired) electrons. The minimum atomic E-state index is -0.594. The summed E-state index contributed by atoms with van der Waals surface area (Å²) in [6, 6.07) is 9.78. The van der Waals surface area contributed by atoms with Crippen molar-refractivity contribution < 1.29 is 14.3 Å². The van der Waals surface area contributed by atoms with Crippen molar-refractivity contribution in [3.05, 3.63) is 34.7 Å². The topological polar surface area (TPSA) is 71.3 Å². The van der Waals surface area contributed by atoms with Crippen LogP contribution in [0.3, 0.4) is 0 Å². The number of nitrogens with zero attached hydrogens (tertiary/aromatic N) is 1. The number of anilines is 1. The average molecular weight is 328 g/mol. The highest BCUT2D eigenvalue weighted by atomic mass is 32.1. The number of nitriles is 1. The number of nitrogens with one attached hydrogen (secondary N) is 1. The van der Waals surface area contributed by atoms with Gasteiger partial charge in [0.25, 0.3) is 0 Å². The van der Waals surface area contributed by atoms with E-state index in [-0.39, 0.29) is 0 Å². The first kappa shape index (κ1) is 15.4. The highest BCUT2D eigenvalue weighted by Crippen LogP contribution is 2.46. The van der Waals surface area contributed by atoms with E-state index < -0.39 is 11.7 Å². The van der Waals surface area contributed by atoms with Crippen LogP contribution in [0.25, 0.3) is 11.1 Å². The Bertz CT molecular complexity index is 812. The van der Waals surface area contributed by atoms with Crippen molar-refractivity contribution in [2.45, 2.75) is 33.0 Å². The van der Waals surface area contributed by atoms with Gasteiger partial charge in [-0.05, 0) is 26.8 Å². The summed E-state index contributed by atoms with van der Waals surface area (Å²) in [5, 5.41) is 12.7.